The number of rotatable bonds is 4. The maximum atomic E-state index is 5.86. The molecular formula is C9H15ClN2OS. The van der Waals surface area contributed by atoms with Gasteiger partial charge in [-0.05, 0) is 26.0 Å². The third-order valence-corrected chi connectivity index (χ3v) is 3.56. The lowest BCUT2D eigenvalue weighted by Crippen LogP contribution is -2.43. The van der Waals surface area contributed by atoms with Gasteiger partial charge in [0.1, 0.15) is 0 Å². The smallest absolute Gasteiger partial charge is 0.0931 e. The lowest BCUT2D eigenvalue weighted by Gasteiger charge is -2.31. The Balaban J connectivity index is 2.92. The van der Waals surface area contributed by atoms with Crippen molar-refractivity contribution in [1.82, 2.24) is 5.43 Å². The number of nitrogens with two attached hydrogens (primary N) is 1. The molecule has 3 N–H and O–H groups in total. The van der Waals surface area contributed by atoms with Crippen LogP contribution in [0, 0.1) is 0 Å². The Labute approximate surface area is 93.2 Å². The van der Waals surface area contributed by atoms with E-state index >= 15 is 0 Å². The van der Waals surface area contributed by atoms with E-state index in [4.69, 9.17) is 22.2 Å². The Morgan fingerprint density at radius 2 is 2.21 bits per heavy atom. The largest absolute Gasteiger partial charge is 0.377 e. The van der Waals surface area contributed by atoms with Gasteiger partial charge in [-0.1, -0.05) is 11.6 Å². The number of hydrazine groups is 1. The average Bonchev–Trinajstić information content (AvgIpc) is 2.53. The molecule has 1 rings (SSSR count). The molecule has 1 aromatic heterocycles. The van der Waals surface area contributed by atoms with E-state index in [1.807, 2.05) is 26.0 Å². The molecule has 0 saturated heterocycles. The summed E-state index contributed by atoms with van der Waals surface area (Å²) in [5, 5.41) is 0. The van der Waals surface area contributed by atoms with Gasteiger partial charge in [-0.25, -0.2) is 5.43 Å². The highest BCUT2D eigenvalue weighted by molar-refractivity contribution is 7.16. The van der Waals surface area contributed by atoms with Crippen molar-refractivity contribution in [2.75, 3.05) is 7.11 Å². The second-order valence-corrected chi connectivity index (χ2v) is 5.30. The summed E-state index contributed by atoms with van der Waals surface area (Å²) in [4.78, 5) is 1.07. The number of hydrogen-bond donors (Lipinski definition) is 2. The van der Waals surface area contributed by atoms with Gasteiger partial charge >= 0.3 is 0 Å². The van der Waals surface area contributed by atoms with Crippen LogP contribution in [0.25, 0.3) is 0 Å². The monoisotopic (exact) mass is 234 g/mol. The quantitative estimate of drug-likeness (QED) is 0.621. The Morgan fingerprint density at radius 1 is 1.57 bits per heavy atom. The van der Waals surface area contributed by atoms with E-state index in [2.05, 4.69) is 5.43 Å². The second-order valence-electron chi connectivity index (χ2n) is 3.55. The number of ether oxygens (including phenoxy) is 1. The highest BCUT2D eigenvalue weighted by Crippen LogP contribution is 2.33. The highest BCUT2D eigenvalue weighted by Gasteiger charge is 2.30. The SMILES string of the molecule is COC(C)(C)C(NN)c1ccc(Cl)s1. The molecule has 1 atom stereocenters. The molecule has 0 amide bonds. The van der Waals surface area contributed by atoms with Crippen molar-refractivity contribution in [1.29, 1.82) is 0 Å². The molecule has 0 saturated carbocycles. The zero-order chi connectivity index (χ0) is 10.8. The van der Waals surface area contributed by atoms with Gasteiger partial charge in [0.05, 0.1) is 16.0 Å². The van der Waals surface area contributed by atoms with Crippen molar-refractivity contribution < 1.29 is 4.74 Å². The van der Waals surface area contributed by atoms with Crippen molar-refractivity contribution in [3.63, 3.8) is 0 Å². The zero-order valence-corrected chi connectivity index (χ0v) is 10.1. The third kappa shape index (κ3) is 2.46. The summed E-state index contributed by atoms with van der Waals surface area (Å²) in [7, 11) is 1.67. The average molecular weight is 235 g/mol. The van der Waals surface area contributed by atoms with Gasteiger partial charge < -0.3 is 4.74 Å². The third-order valence-electron chi connectivity index (χ3n) is 2.27. The Morgan fingerprint density at radius 3 is 2.57 bits per heavy atom. The topological polar surface area (TPSA) is 47.3 Å². The van der Waals surface area contributed by atoms with Gasteiger partial charge in [0.25, 0.3) is 0 Å². The van der Waals surface area contributed by atoms with Crippen molar-refractivity contribution in [3.05, 3.63) is 21.3 Å². The van der Waals surface area contributed by atoms with Crippen LogP contribution in [0.3, 0.4) is 0 Å². The van der Waals surface area contributed by atoms with Crippen molar-refractivity contribution >= 4 is 22.9 Å². The minimum Gasteiger partial charge on any atom is -0.377 e. The first kappa shape index (κ1) is 11.9. The first-order valence-electron chi connectivity index (χ1n) is 4.27. The molecule has 0 aliphatic rings. The number of thiophene rings is 1. The summed E-state index contributed by atoms with van der Waals surface area (Å²) in [5.74, 6) is 5.51. The van der Waals surface area contributed by atoms with Crippen LogP contribution in [-0.4, -0.2) is 12.7 Å². The summed E-state index contributed by atoms with van der Waals surface area (Å²) in [5.41, 5.74) is 2.39. The van der Waals surface area contributed by atoms with Crippen LogP contribution < -0.4 is 11.3 Å². The molecule has 0 bridgehead atoms. The van der Waals surface area contributed by atoms with E-state index in [9.17, 15) is 0 Å². The van der Waals surface area contributed by atoms with Gasteiger partial charge in [-0.2, -0.15) is 0 Å². The van der Waals surface area contributed by atoms with Gasteiger partial charge in [-0.15, -0.1) is 11.3 Å². The van der Waals surface area contributed by atoms with Crippen LogP contribution in [-0.2, 0) is 4.74 Å². The van der Waals surface area contributed by atoms with E-state index in [0.29, 0.717) is 0 Å². The van der Waals surface area contributed by atoms with E-state index in [1.54, 1.807) is 7.11 Å². The molecule has 0 spiro atoms. The van der Waals surface area contributed by atoms with E-state index in [-0.39, 0.29) is 11.6 Å². The predicted octanol–water partition coefficient (Wildman–Crippen LogP) is 2.33. The molecule has 14 heavy (non-hydrogen) atoms. The lowest BCUT2D eigenvalue weighted by molar-refractivity contribution is -0.0101. The number of halogens is 1. The maximum absolute atomic E-state index is 5.86. The molecule has 1 aromatic rings. The normalized spacial score (nSPS) is 14.4. The van der Waals surface area contributed by atoms with Gasteiger partial charge in [-0.3, -0.25) is 5.84 Å². The molecule has 80 valence electrons. The van der Waals surface area contributed by atoms with Crippen LogP contribution in [0.4, 0.5) is 0 Å². The predicted molar refractivity (Wildman–Crippen MR) is 60.5 cm³/mol. The molecule has 0 aromatic carbocycles. The van der Waals surface area contributed by atoms with Crippen molar-refractivity contribution in [2.45, 2.75) is 25.5 Å². The Bertz CT molecular complexity index is 301. The molecular weight excluding hydrogens is 220 g/mol. The molecule has 3 nitrogen and oxygen atoms in total. The fraction of sp³-hybridized carbons (Fsp3) is 0.556. The van der Waals surface area contributed by atoms with Crippen LogP contribution in [0.1, 0.15) is 24.8 Å². The second kappa shape index (κ2) is 4.59. The summed E-state index contributed by atoms with van der Waals surface area (Å²) in [6.45, 7) is 3.95. The van der Waals surface area contributed by atoms with E-state index < -0.39 is 0 Å². The van der Waals surface area contributed by atoms with Gasteiger partial charge in [0.15, 0.2) is 0 Å². The molecule has 0 radical (unpaired) electrons. The summed E-state index contributed by atoms with van der Waals surface area (Å²) >= 11 is 7.37. The van der Waals surface area contributed by atoms with Crippen molar-refractivity contribution in [2.24, 2.45) is 5.84 Å². The standard InChI is InChI=1S/C9H15ClN2OS/c1-9(2,13-3)8(12-11)6-4-5-7(10)14-6/h4-5,8,12H,11H2,1-3H3. The minimum absolute atomic E-state index is 0.0509. The van der Waals surface area contributed by atoms with Gasteiger partial charge in [0, 0.05) is 12.0 Å². The van der Waals surface area contributed by atoms with E-state index in [0.717, 1.165) is 9.21 Å². The van der Waals surface area contributed by atoms with Crippen molar-refractivity contribution in [3.8, 4) is 0 Å². The Kier molecular flexibility index (Phi) is 3.92. The number of methoxy groups -OCH3 is 1. The molecule has 1 unspecified atom stereocenters. The first-order chi connectivity index (χ1) is 6.51. The fourth-order valence-corrected chi connectivity index (χ4v) is 2.52. The van der Waals surface area contributed by atoms with Crippen LogP contribution in [0.5, 0.6) is 0 Å². The zero-order valence-electron chi connectivity index (χ0n) is 8.50. The molecule has 0 aliphatic carbocycles. The van der Waals surface area contributed by atoms with Crippen LogP contribution in [0.2, 0.25) is 4.34 Å². The summed E-state index contributed by atoms with van der Waals surface area (Å²) in [6, 6.07) is 3.76. The maximum Gasteiger partial charge on any atom is 0.0931 e. The van der Waals surface area contributed by atoms with E-state index in [1.165, 1.54) is 11.3 Å². The van der Waals surface area contributed by atoms with Crippen LogP contribution >= 0.6 is 22.9 Å². The molecule has 0 aliphatic heterocycles. The summed E-state index contributed by atoms with van der Waals surface area (Å²) < 4.78 is 6.13. The summed E-state index contributed by atoms with van der Waals surface area (Å²) in [6.07, 6.45) is 0. The number of nitrogens with one attached hydrogen (secondary N) is 1. The molecule has 5 heteroatoms. The number of hydrogen-bond acceptors (Lipinski definition) is 4. The first-order valence-corrected chi connectivity index (χ1v) is 5.47. The minimum atomic E-state index is -0.358. The van der Waals surface area contributed by atoms with Gasteiger partial charge in [0.2, 0.25) is 0 Å². The Hall–Kier alpha value is -0.130. The van der Waals surface area contributed by atoms with Crippen LogP contribution in [0.15, 0.2) is 12.1 Å². The lowest BCUT2D eigenvalue weighted by atomic mass is 9.98. The highest BCUT2D eigenvalue weighted by atomic mass is 35.5. The molecule has 1 heterocycles. The fourth-order valence-electron chi connectivity index (χ4n) is 1.23. The molecule has 0 fully saturated rings.